The van der Waals surface area contributed by atoms with E-state index in [2.05, 4.69) is 17.4 Å². The number of amides is 2. The summed E-state index contributed by atoms with van der Waals surface area (Å²) in [7, 11) is 0. The number of rotatable bonds is 5. The molecule has 0 aromatic heterocycles. The van der Waals surface area contributed by atoms with Gasteiger partial charge in [-0.05, 0) is 31.7 Å². The average Bonchev–Trinajstić information content (AvgIpc) is 2.50. The number of benzene rings is 1. The summed E-state index contributed by atoms with van der Waals surface area (Å²) in [6.45, 7) is 6.08. The van der Waals surface area contributed by atoms with Crippen molar-refractivity contribution in [1.82, 2.24) is 10.2 Å². The summed E-state index contributed by atoms with van der Waals surface area (Å²) in [6.07, 6.45) is 2.02. The van der Waals surface area contributed by atoms with Crippen molar-refractivity contribution in [3.05, 3.63) is 35.9 Å². The molecule has 114 valence electrons. The van der Waals surface area contributed by atoms with Gasteiger partial charge in [0.2, 0.25) is 11.8 Å². The zero-order valence-corrected chi connectivity index (χ0v) is 13.1. The molecule has 0 spiro atoms. The molecule has 1 aromatic carbocycles. The number of carbonyl (C=O) groups excluding carboxylic acids is 2. The van der Waals surface area contributed by atoms with Crippen LogP contribution in [-0.4, -0.2) is 34.8 Å². The topological polar surface area (TPSA) is 49.4 Å². The number of hydrogen-bond donors (Lipinski definition) is 1. The molecule has 4 heteroatoms. The van der Waals surface area contributed by atoms with Crippen molar-refractivity contribution in [3.8, 4) is 0 Å². The molecule has 21 heavy (non-hydrogen) atoms. The van der Waals surface area contributed by atoms with Gasteiger partial charge in [0.05, 0.1) is 6.54 Å². The fourth-order valence-electron chi connectivity index (χ4n) is 3.01. The molecule has 2 rings (SSSR count). The molecule has 1 N–H and O–H groups in total. The summed E-state index contributed by atoms with van der Waals surface area (Å²) >= 11 is 0. The Morgan fingerprint density at radius 1 is 1.19 bits per heavy atom. The van der Waals surface area contributed by atoms with Gasteiger partial charge < -0.3 is 10.2 Å². The molecule has 1 fully saturated rings. The highest BCUT2D eigenvalue weighted by Crippen LogP contribution is 2.24. The van der Waals surface area contributed by atoms with Gasteiger partial charge in [0.1, 0.15) is 5.54 Å². The number of hydrogen-bond acceptors (Lipinski definition) is 2. The third kappa shape index (κ3) is 3.09. The van der Waals surface area contributed by atoms with Crippen molar-refractivity contribution in [2.24, 2.45) is 0 Å². The van der Waals surface area contributed by atoms with Gasteiger partial charge in [-0.25, -0.2) is 0 Å². The molecule has 0 saturated carbocycles. The number of piperazine rings is 1. The number of carbonyl (C=O) groups is 2. The highest BCUT2D eigenvalue weighted by Gasteiger charge is 2.45. The summed E-state index contributed by atoms with van der Waals surface area (Å²) in [5, 5.41) is 2.90. The minimum absolute atomic E-state index is 0.0171. The maximum Gasteiger partial charge on any atom is 0.249 e. The fourth-order valence-corrected chi connectivity index (χ4v) is 3.01. The minimum atomic E-state index is -0.722. The molecule has 1 aromatic rings. The molecule has 0 radical (unpaired) electrons. The fraction of sp³-hybridized carbons (Fsp3) is 0.529. The lowest BCUT2D eigenvalue weighted by atomic mass is 9.88. The van der Waals surface area contributed by atoms with Crippen LogP contribution in [0.15, 0.2) is 30.3 Å². The number of nitrogens with zero attached hydrogens (tertiary/aromatic N) is 1. The Morgan fingerprint density at radius 2 is 1.81 bits per heavy atom. The summed E-state index contributed by atoms with van der Waals surface area (Å²) in [6, 6.07) is 10.1. The average molecular weight is 288 g/mol. The van der Waals surface area contributed by atoms with E-state index < -0.39 is 5.54 Å². The van der Waals surface area contributed by atoms with Crippen LogP contribution in [-0.2, 0) is 16.0 Å². The Labute approximate surface area is 126 Å². The predicted octanol–water partition coefficient (Wildman–Crippen LogP) is 2.13. The molecular weight excluding hydrogens is 264 g/mol. The zero-order valence-electron chi connectivity index (χ0n) is 13.1. The third-order valence-corrected chi connectivity index (χ3v) is 4.48. The van der Waals surface area contributed by atoms with Crippen molar-refractivity contribution in [2.45, 2.75) is 51.6 Å². The molecular formula is C17H24N2O2. The second-order valence-corrected chi connectivity index (χ2v) is 5.81. The van der Waals surface area contributed by atoms with Crippen LogP contribution in [0.2, 0.25) is 0 Å². The minimum Gasteiger partial charge on any atom is -0.340 e. The van der Waals surface area contributed by atoms with E-state index in [1.54, 1.807) is 4.90 Å². The number of nitrogens with one attached hydrogen (secondary N) is 1. The van der Waals surface area contributed by atoms with E-state index >= 15 is 0 Å². The van der Waals surface area contributed by atoms with Gasteiger partial charge in [-0.15, -0.1) is 0 Å². The van der Waals surface area contributed by atoms with Crippen LogP contribution in [0.25, 0.3) is 0 Å². The Balaban J connectivity index is 2.17. The van der Waals surface area contributed by atoms with Crippen LogP contribution in [0, 0.1) is 0 Å². The molecule has 1 aliphatic heterocycles. The summed E-state index contributed by atoms with van der Waals surface area (Å²) in [5.74, 6) is -0.00579. The Morgan fingerprint density at radius 3 is 2.38 bits per heavy atom. The summed E-state index contributed by atoms with van der Waals surface area (Å²) in [4.78, 5) is 26.5. The van der Waals surface area contributed by atoms with Gasteiger partial charge in [0.15, 0.2) is 0 Å². The van der Waals surface area contributed by atoms with Gasteiger partial charge in [0, 0.05) is 6.04 Å². The van der Waals surface area contributed by atoms with Crippen LogP contribution in [0.1, 0.15) is 39.2 Å². The third-order valence-electron chi connectivity index (χ3n) is 4.48. The lowest BCUT2D eigenvalue weighted by molar-refractivity contribution is -0.152. The molecule has 0 aliphatic carbocycles. The van der Waals surface area contributed by atoms with Crippen molar-refractivity contribution >= 4 is 11.8 Å². The smallest absolute Gasteiger partial charge is 0.249 e. The highest BCUT2D eigenvalue weighted by atomic mass is 16.2. The van der Waals surface area contributed by atoms with E-state index in [-0.39, 0.29) is 24.4 Å². The first-order valence-corrected chi connectivity index (χ1v) is 7.68. The maximum absolute atomic E-state index is 12.8. The standard InChI is InChI=1S/C17H24N2O2/c1-4-17(5-2)16(21)19(12-15(20)18-17)13(3)11-14-9-7-6-8-10-14/h6-10,13H,4-5,11-12H2,1-3H3,(H,18,20). The zero-order chi connectivity index (χ0) is 15.5. The first-order valence-electron chi connectivity index (χ1n) is 7.68. The van der Waals surface area contributed by atoms with Gasteiger partial charge in [-0.3, -0.25) is 9.59 Å². The SMILES string of the molecule is CCC1(CC)NC(=O)CN(C(C)Cc2ccccc2)C1=O. The molecule has 1 atom stereocenters. The molecule has 1 unspecified atom stereocenters. The Hall–Kier alpha value is -1.84. The lowest BCUT2D eigenvalue weighted by Gasteiger charge is -2.43. The lowest BCUT2D eigenvalue weighted by Crippen LogP contribution is -2.67. The van der Waals surface area contributed by atoms with Gasteiger partial charge in [-0.2, -0.15) is 0 Å². The molecule has 1 heterocycles. The summed E-state index contributed by atoms with van der Waals surface area (Å²) in [5.41, 5.74) is 0.461. The Kier molecular flexibility index (Phi) is 4.66. The maximum atomic E-state index is 12.8. The molecule has 1 aliphatic rings. The monoisotopic (exact) mass is 288 g/mol. The largest absolute Gasteiger partial charge is 0.340 e. The van der Waals surface area contributed by atoms with Gasteiger partial charge in [-0.1, -0.05) is 44.2 Å². The van der Waals surface area contributed by atoms with Crippen LogP contribution in [0.5, 0.6) is 0 Å². The predicted molar refractivity (Wildman–Crippen MR) is 82.8 cm³/mol. The normalized spacial score (nSPS) is 19.3. The van der Waals surface area contributed by atoms with Crippen molar-refractivity contribution < 1.29 is 9.59 Å². The van der Waals surface area contributed by atoms with E-state index in [4.69, 9.17) is 0 Å². The van der Waals surface area contributed by atoms with Crippen LogP contribution < -0.4 is 5.32 Å². The van der Waals surface area contributed by atoms with E-state index in [0.29, 0.717) is 12.8 Å². The van der Waals surface area contributed by atoms with Crippen molar-refractivity contribution in [2.75, 3.05) is 6.54 Å². The van der Waals surface area contributed by atoms with Gasteiger partial charge >= 0.3 is 0 Å². The van der Waals surface area contributed by atoms with Crippen LogP contribution >= 0.6 is 0 Å². The van der Waals surface area contributed by atoms with E-state index in [9.17, 15) is 9.59 Å². The van der Waals surface area contributed by atoms with E-state index in [0.717, 1.165) is 6.42 Å². The summed E-state index contributed by atoms with van der Waals surface area (Å²) < 4.78 is 0. The van der Waals surface area contributed by atoms with Crippen molar-refractivity contribution in [3.63, 3.8) is 0 Å². The first-order chi connectivity index (χ1) is 10.0. The Bertz CT molecular complexity index is 509. The molecule has 2 amide bonds. The van der Waals surface area contributed by atoms with Gasteiger partial charge in [0.25, 0.3) is 0 Å². The van der Waals surface area contributed by atoms with E-state index in [1.165, 1.54) is 5.56 Å². The highest BCUT2D eigenvalue weighted by molar-refractivity contribution is 5.98. The molecule has 4 nitrogen and oxygen atoms in total. The second kappa shape index (κ2) is 6.29. The first kappa shape index (κ1) is 15.5. The molecule has 1 saturated heterocycles. The molecule has 0 bridgehead atoms. The van der Waals surface area contributed by atoms with Crippen molar-refractivity contribution in [1.29, 1.82) is 0 Å². The van der Waals surface area contributed by atoms with Crippen LogP contribution in [0.3, 0.4) is 0 Å². The van der Waals surface area contributed by atoms with E-state index in [1.807, 2.05) is 39.0 Å². The van der Waals surface area contributed by atoms with Crippen LogP contribution in [0.4, 0.5) is 0 Å². The second-order valence-electron chi connectivity index (χ2n) is 5.81. The quantitative estimate of drug-likeness (QED) is 0.902.